The summed E-state index contributed by atoms with van der Waals surface area (Å²) in [6.07, 6.45) is 2.02. The van der Waals surface area contributed by atoms with Crippen LogP contribution in [0, 0.1) is 5.92 Å². The number of ether oxygens (including phenoxy) is 2. The summed E-state index contributed by atoms with van der Waals surface area (Å²) in [6, 6.07) is 9.28. The highest BCUT2D eigenvalue weighted by molar-refractivity contribution is 5.83. The molecule has 2 heterocycles. The van der Waals surface area contributed by atoms with Gasteiger partial charge in [-0.3, -0.25) is 4.79 Å². The van der Waals surface area contributed by atoms with Crippen LogP contribution in [0.1, 0.15) is 52.2 Å². The quantitative estimate of drug-likeness (QED) is 0.822. The van der Waals surface area contributed by atoms with Gasteiger partial charge in [0.15, 0.2) is 0 Å². The van der Waals surface area contributed by atoms with E-state index in [1.54, 1.807) is 6.08 Å². The fourth-order valence-corrected chi connectivity index (χ4v) is 5.22. The molecule has 1 N–H and O–H groups in total. The number of carbonyl (C=O) groups excluding carboxylic acids is 1. The minimum Gasteiger partial charge on any atom is -0.387 e. The van der Waals surface area contributed by atoms with Gasteiger partial charge in [0.2, 0.25) is 5.91 Å². The smallest absolute Gasteiger partial charge is 0.233 e. The molecule has 0 radical (unpaired) electrons. The van der Waals surface area contributed by atoms with Gasteiger partial charge in [-0.25, -0.2) is 0 Å². The van der Waals surface area contributed by atoms with Gasteiger partial charge in [-0.2, -0.15) is 0 Å². The summed E-state index contributed by atoms with van der Waals surface area (Å²) in [7, 11) is 0. The molecular formula is C22H31NO4. The number of nitrogens with zero attached hydrogens (tertiary/aromatic N) is 1. The highest BCUT2D eigenvalue weighted by atomic mass is 16.7. The lowest BCUT2D eigenvalue weighted by atomic mass is 9.70. The summed E-state index contributed by atoms with van der Waals surface area (Å²) in [5.74, 6) is -0.814. The van der Waals surface area contributed by atoms with Crippen LogP contribution in [0.15, 0.2) is 43.0 Å². The van der Waals surface area contributed by atoms with Crippen molar-refractivity contribution in [1.29, 1.82) is 0 Å². The van der Waals surface area contributed by atoms with E-state index in [0.29, 0.717) is 31.8 Å². The van der Waals surface area contributed by atoms with Crippen LogP contribution in [-0.2, 0) is 14.3 Å². The van der Waals surface area contributed by atoms with E-state index in [1.165, 1.54) is 0 Å². The second-order valence-electron chi connectivity index (χ2n) is 9.06. The van der Waals surface area contributed by atoms with Crippen molar-refractivity contribution < 1.29 is 19.4 Å². The topological polar surface area (TPSA) is 59.0 Å². The average Bonchev–Trinajstić information content (AvgIpc) is 3.00. The minimum atomic E-state index is -0.926. The van der Waals surface area contributed by atoms with Gasteiger partial charge in [0.25, 0.3) is 0 Å². The number of hydrogen-bond acceptors (Lipinski definition) is 4. The zero-order valence-corrected chi connectivity index (χ0v) is 16.8. The zero-order chi connectivity index (χ0) is 19.9. The van der Waals surface area contributed by atoms with E-state index >= 15 is 0 Å². The number of aliphatic hydroxyl groups is 1. The van der Waals surface area contributed by atoms with E-state index in [1.807, 2.05) is 35.2 Å². The molecule has 2 fully saturated rings. The predicted molar refractivity (Wildman–Crippen MR) is 104 cm³/mol. The first-order valence-electron chi connectivity index (χ1n) is 9.53. The zero-order valence-electron chi connectivity index (χ0n) is 16.8. The monoisotopic (exact) mass is 373 g/mol. The minimum absolute atomic E-state index is 0.106. The van der Waals surface area contributed by atoms with E-state index in [0.717, 1.165) is 0 Å². The van der Waals surface area contributed by atoms with Crippen LogP contribution in [0.3, 0.4) is 0 Å². The predicted octanol–water partition coefficient (Wildman–Crippen LogP) is 3.44. The number of aliphatic hydroxyl groups excluding tert-OH is 1. The molecule has 0 aliphatic carbocycles. The van der Waals surface area contributed by atoms with Crippen molar-refractivity contribution in [1.82, 2.24) is 4.90 Å². The number of hydrogen-bond donors (Lipinski definition) is 1. The lowest BCUT2D eigenvalue weighted by Crippen LogP contribution is -2.68. The largest absolute Gasteiger partial charge is 0.387 e. The molecule has 148 valence electrons. The molecule has 5 nitrogen and oxygen atoms in total. The number of likely N-dealkylation sites (tertiary alicyclic amines) is 1. The Balaban J connectivity index is 1.90. The molecule has 1 amide bonds. The molecule has 1 aromatic rings. The lowest BCUT2D eigenvalue weighted by Gasteiger charge is -2.58. The van der Waals surface area contributed by atoms with Crippen LogP contribution >= 0.6 is 0 Å². The Labute approximate surface area is 162 Å². The SMILES string of the molecule is C=CC(C(=O)N1C(C)(C)CC2(COCO2)CC1(C)C)C(O)c1ccccc1. The molecule has 2 aliphatic heterocycles. The highest BCUT2D eigenvalue weighted by Crippen LogP contribution is 2.48. The van der Waals surface area contributed by atoms with Gasteiger partial charge in [-0.15, -0.1) is 6.58 Å². The maximum absolute atomic E-state index is 13.6. The molecule has 27 heavy (non-hydrogen) atoms. The van der Waals surface area contributed by atoms with Crippen LogP contribution in [0.2, 0.25) is 0 Å². The van der Waals surface area contributed by atoms with E-state index in [4.69, 9.17) is 9.47 Å². The lowest BCUT2D eigenvalue weighted by molar-refractivity contribution is -0.173. The van der Waals surface area contributed by atoms with Crippen LogP contribution in [0.25, 0.3) is 0 Å². The Morgan fingerprint density at radius 3 is 2.26 bits per heavy atom. The number of amides is 1. The summed E-state index contributed by atoms with van der Waals surface area (Å²) >= 11 is 0. The third-order valence-electron chi connectivity index (χ3n) is 5.77. The van der Waals surface area contributed by atoms with Gasteiger partial charge in [-0.1, -0.05) is 36.4 Å². The van der Waals surface area contributed by atoms with Gasteiger partial charge in [0, 0.05) is 23.9 Å². The first-order chi connectivity index (χ1) is 12.6. The van der Waals surface area contributed by atoms with E-state index < -0.39 is 23.1 Å². The molecule has 1 aromatic carbocycles. The van der Waals surface area contributed by atoms with Crippen molar-refractivity contribution in [3.63, 3.8) is 0 Å². The second kappa shape index (κ2) is 7.04. The maximum Gasteiger partial charge on any atom is 0.233 e. The standard InChI is InChI=1S/C22H31NO4/c1-6-17(18(24)16-10-8-7-9-11-16)19(25)23-20(2,3)12-22(13-21(23,4)5)14-26-15-27-22/h6-11,17-18,24H,1,12-15H2,2-5H3. The van der Waals surface area contributed by atoms with E-state index in [9.17, 15) is 9.90 Å². The number of benzene rings is 1. The van der Waals surface area contributed by atoms with E-state index in [2.05, 4.69) is 34.3 Å². The van der Waals surface area contributed by atoms with Crippen molar-refractivity contribution in [3.8, 4) is 0 Å². The molecule has 5 heteroatoms. The van der Waals surface area contributed by atoms with Gasteiger partial charge >= 0.3 is 0 Å². The highest BCUT2D eigenvalue weighted by Gasteiger charge is 2.57. The molecule has 2 unspecified atom stereocenters. The molecule has 3 rings (SSSR count). The summed E-state index contributed by atoms with van der Waals surface area (Å²) in [5, 5.41) is 10.9. The summed E-state index contributed by atoms with van der Waals surface area (Å²) in [4.78, 5) is 15.5. The summed E-state index contributed by atoms with van der Waals surface area (Å²) < 4.78 is 11.5. The van der Waals surface area contributed by atoms with Gasteiger partial charge in [-0.05, 0) is 33.3 Å². The molecule has 0 aromatic heterocycles. The molecule has 0 saturated carbocycles. The molecule has 1 spiro atoms. The fraction of sp³-hybridized carbons (Fsp3) is 0.591. The van der Waals surface area contributed by atoms with Crippen molar-refractivity contribution in [3.05, 3.63) is 48.6 Å². The Morgan fingerprint density at radius 1 is 1.19 bits per heavy atom. The molecule has 2 aliphatic rings. The van der Waals surface area contributed by atoms with E-state index in [-0.39, 0.29) is 11.5 Å². The Morgan fingerprint density at radius 2 is 1.78 bits per heavy atom. The van der Waals surface area contributed by atoms with Gasteiger partial charge < -0.3 is 19.5 Å². The average molecular weight is 373 g/mol. The van der Waals surface area contributed by atoms with Gasteiger partial charge in [0.05, 0.1) is 24.2 Å². The maximum atomic E-state index is 13.6. The molecule has 0 bridgehead atoms. The number of piperidine rings is 1. The molecular weight excluding hydrogens is 342 g/mol. The summed E-state index contributed by atoms with van der Waals surface area (Å²) in [6.45, 7) is 12.9. The third-order valence-corrected chi connectivity index (χ3v) is 5.77. The second-order valence-corrected chi connectivity index (χ2v) is 9.06. The Hall–Kier alpha value is -1.69. The Bertz CT molecular complexity index is 672. The summed E-state index contributed by atoms with van der Waals surface area (Å²) in [5.41, 5.74) is -0.521. The fourth-order valence-electron chi connectivity index (χ4n) is 5.22. The Kier molecular flexibility index (Phi) is 5.23. The van der Waals surface area contributed by atoms with Crippen LogP contribution in [-0.4, -0.2) is 46.0 Å². The van der Waals surface area contributed by atoms with Crippen molar-refractivity contribution in [2.24, 2.45) is 5.92 Å². The van der Waals surface area contributed by atoms with Crippen LogP contribution < -0.4 is 0 Å². The first-order valence-corrected chi connectivity index (χ1v) is 9.53. The molecule has 2 atom stereocenters. The normalized spacial score (nSPS) is 25.1. The number of carbonyl (C=O) groups is 1. The van der Waals surface area contributed by atoms with Gasteiger partial charge in [0.1, 0.15) is 6.79 Å². The van der Waals surface area contributed by atoms with Crippen LogP contribution in [0.5, 0.6) is 0 Å². The van der Waals surface area contributed by atoms with Crippen LogP contribution in [0.4, 0.5) is 0 Å². The molecule has 2 saturated heterocycles. The van der Waals surface area contributed by atoms with Crippen molar-refractivity contribution in [2.75, 3.05) is 13.4 Å². The van der Waals surface area contributed by atoms with Crippen molar-refractivity contribution in [2.45, 2.75) is 63.3 Å². The van der Waals surface area contributed by atoms with Crippen molar-refractivity contribution >= 4 is 5.91 Å². The third kappa shape index (κ3) is 3.68. The first kappa shape index (κ1) is 20.1. The number of rotatable bonds is 4.